The van der Waals surface area contributed by atoms with Gasteiger partial charge in [0.1, 0.15) is 8.11 Å². The summed E-state index contributed by atoms with van der Waals surface area (Å²) in [6, 6.07) is 1.31. The summed E-state index contributed by atoms with van der Waals surface area (Å²) in [6.07, 6.45) is 3.87. The molecule has 13 heavy (non-hydrogen) atoms. The van der Waals surface area contributed by atoms with Crippen molar-refractivity contribution in [2.24, 2.45) is 0 Å². The minimum atomic E-state index is -0.903. The number of halogens is 1. The molecule has 1 N–H and O–H groups in total. The first-order chi connectivity index (χ1) is 6.22. The molecule has 0 spiro atoms. The molecular formula is C10H24ClNSi. The summed E-state index contributed by atoms with van der Waals surface area (Å²) in [6.45, 7) is 8.94. The van der Waals surface area contributed by atoms with Gasteiger partial charge in [-0.15, -0.1) is 0 Å². The SMILES string of the molecule is CCNCCCC[SiH](Cl)C(C)CC. The van der Waals surface area contributed by atoms with Crippen LogP contribution in [0.3, 0.4) is 0 Å². The van der Waals surface area contributed by atoms with Crippen LogP contribution in [0.25, 0.3) is 0 Å². The lowest BCUT2D eigenvalue weighted by Crippen LogP contribution is -2.15. The van der Waals surface area contributed by atoms with Crippen LogP contribution in [0, 0.1) is 0 Å². The van der Waals surface area contributed by atoms with Gasteiger partial charge in [-0.1, -0.05) is 33.6 Å². The average molecular weight is 222 g/mol. The quantitative estimate of drug-likeness (QED) is 0.377. The Kier molecular flexibility index (Phi) is 9.36. The van der Waals surface area contributed by atoms with E-state index in [1.54, 1.807) is 0 Å². The van der Waals surface area contributed by atoms with Crippen LogP contribution in [-0.4, -0.2) is 21.2 Å². The van der Waals surface area contributed by atoms with Crippen molar-refractivity contribution in [2.75, 3.05) is 13.1 Å². The van der Waals surface area contributed by atoms with E-state index in [0.717, 1.165) is 18.6 Å². The predicted molar refractivity (Wildman–Crippen MR) is 65.3 cm³/mol. The third kappa shape index (κ3) is 7.53. The molecule has 0 aromatic carbocycles. The zero-order valence-electron chi connectivity index (χ0n) is 9.28. The van der Waals surface area contributed by atoms with Gasteiger partial charge in [0, 0.05) is 0 Å². The molecule has 0 amide bonds. The maximum absolute atomic E-state index is 6.36. The van der Waals surface area contributed by atoms with Gasteiger partial charge in [0.25, 0.3) is 0 Å². The van der Waals surface area contributed by atoms with E-state index >= 15 is 0 Å². The van der Waals surface area contributed by atoms with E-state index in [2.05, 4.69) is 26.1 Å². The van der Waals surface area contributed by atoms with Crippen molar-refractivity contribution in [1.29, 1.82) is 0 Å². The Labute approximate surface area is 89.6 Å². The van der Waals surface area contributed by atoms with Crippen molar-refractivity contribution in [3.63, 3.8) is 0 Å². The van der Waals surface area contributed by atoms with Crippen LogP contribution in [0.5, 0.6) is 0 Å². The standard InChI is InChI=1S/C10H24ClNSi/c1-4-10(3)13(11)9-7-6-8-12-5-2/h10,12-13H,4-9H2,1-3H3. The van der Waals surface area contributed by atoms with E-state index in [1.807, 2.05) is 0 Å². The molecule has 2 atom stereocenters. The summed E-state index contributed by atoms with van der Waals surface area (Å²) in [5.74, 6) is 0. The maximum Gasteiger partial charge on any atom is 0.143 e. The highest BCUT2D eigenvalue weighted by atomic mass is 35.6. The zero-order chi connectivity index (χ0) is 10.1. The molecule has 1 nitrogen and oxygen atoms in total. The summed E-state index contributed by atoms with van der Waals surface area (Å²) in [5, 5.41) is 3.34. The largest absolute Gasteiger partial charge is 0.317 e. The first kappa shape index (κ1) is 13.5. The molecule has 0 aromatic rings. The molecule has 0 aliphatic carbocycles. The highest BCUT2D eigenvalue weighted by Gasteiger charge is 2.13. The van der Waals surface area contributed by atoms with E-state index in [0.29, 0.717) is 0 Å². The second-order valence-electron chi connectivity index (χ2n) is 3.75. The molecular weight excluding hydrogens is 198 g/mol. The molecule has 0 heterocycles. The number of unbranched alkanes of at least 4 members (excludes halogenated alkanes) is 1. The van der Waals surface area contributed by atoms with Gasteiger partial charge in [-0.3, -0.25) is 0 Å². The van der Waals surface area contributed by atoms with E-state index < -0.39 is 8.11 Å². The van der Waals surface area contributed by atoms with Crippen LogP contribution in [0.4, 0.5) is 0 Å². The topological polar surface area (TPSA) is 12.0 Å². The zero-order valence-corrected chi connectivity index (χ0v) is 11.2. The van der Waals surface area contributed by atoms with Crippen molar-refractivity contribution in [3.8, 4) is 0 Å². The summed E-state index contributed by atoms with van der Waals surface area (Å²) >= 11 is 6.36. The van der Waals surface area contributed by atoms with Gasteiger partial charge < -0.3 is 5.32 Å². The second-order valence-corrected chi connectivity index (χ2v) is 8.18. The molecule has 0 bridgehead atoms. The van der Waals surface area contributed by atoms with Crippen LogP contribution in [-0.2, 0) is 0 Å². The lowest BCUT2D eigenvalue weighted by molar-refractivity contribution is 0.660. The van der Waals surface area contributed by atoms with E-state index in [-0.39, 0.29) is 0 Å². The number of nitrogens with one attached hydrogen (secondary N) is 1. The molecule has 0 saturated heterocycles. The maximum atomic E-state index is 6.36. The molecule has 0 aliphatic heterocycles. The van der Waals surface area contributed by atoms with Crippen molar-refractivity contribution in [2.45, 2.75) is 51.6 Å². The molecule has 0 radical (unpaired) electrons. The second kappa shape index (κ2) is 9.04. The molecule has 0 aromatic heterocycles. The molecule has 0 rings (SSSR count). The van der Waals surface area contributed by atoms with Gasteiger partial charge in [-0.2, -0.15) is 11.1 Å². The normalized spacial score (nSPS) is 15.7. The Balaban J connectivity index is 3.21. The van der Waals surface area contributed by atoms with E-state index in [4.69, 9.17) is 11.1 Å². The predicted octanol–water partition coefficient (Wildman–Crippen LogP) is 3.14. The van der Waals surface area contributed by atoms with Crippen molar-refractivity contribution >= 4 is 19.2 Å². The Bertz CT molecular complexity index is 111. The monoisotopic (exact) mass is 221 g/mol. The van der Waals surface area contributed by atoms with E-state index in [1.165, 1.54) is 25.3 Å². The summed E-state index contributed by atoms with van der Waals surface area (Å²) in [7, 11) is -0.903. The minimum Gasteiger partial charge on any atom is -0.317 e. The van der Waals surface area contributed by atoms with Gasteiger partial charge in [0.15, 0.2) is 0 Å². The summed E-state index contributed by atoms with van der Waals surface area (Å²) < 4.78 is 0. The van der Waals surface area contributed by atoms with Crippen LogP contribution >= 0.6 is 11.1 Å². The fraction of sp³-hybridized carbons (Fsp3) is 1.00. The lowest BCUT2D eigenvalue weighted by atomic mass is 10.3. The van der Waals surface area contributed by atoms with Gasteiger partial charge in [0.05, 0.1) is 0 Å². The van der Waals surface area contributed by atoms with Crippen LogP contribution in [0.15, 0.2) is 0 Å². The molecule has 2 unspecified atom stereocenters. The van der Waals surface area contributed by atoms with Crippen molar-refractivity contribution in [1.82, 2.24) is 5.32 Å². The van der Waals surface area contributed by atoms with Crippen LogP contribution in [0.1, 0.15) is 40.0 Å². The third-order valence-corrected chi connectivity index (χ3v) is 7.21. The highest BCUT2D eigenvalue weighted by Crippen LogP contribution is 2.21. The Morgan fingerprint density at radius 2 is 2.00 bits per heavy atom. The van der Waals surface area contributed by atoms with Crippen LogP contribution in [0.2, 0.25) is 11.6 Å². The average Bonchev–Trinajstić information content (AvgIpc) is 2.16. The Morgan fingerprint density at radius 1 is 1.31 bits per heavy atom. The molecule has 0 aliphatic rings. The number of hydrogen-bond donors (Lipinski definition) is 1. The summed E-state index contributed by atoms with van der Waals surface area (Å²) in [4.78, 5) is 0. The van der Waals surface area contributed by atoms with E-state index in [9.17, 15) is 0 Å². The van der Waals surface area contributed by atoms with Gasteiger partial charge in [0.2, 0.25) is 0 Å². The first-order valence-corrected chi connectivity index (χ1v) is 8.80. The molecule has 80 valence electrons. The minimum absolute atomic E-state index is 0.806. The Morgan fingerprint density at radius 3 is 2.54 bits per heavy atom. The third-order valence-electron chi connectivity index (χ3n) is 2.59. The number of rotatable bonds is 8. The molecule has 0 fully saturated rings. The van der Waals surface area contributed by atoms with Gasteiger partial charge >= 0.3 is 0 Å². The van der Waals surface area contributed by atoms with Gasteiger partial charge in [-0.05, 0) is 31.1 Å². The van der Waals surface area contributed by atoms with Crippen LogP contribution < -0.4 is 5.32 Å². The van der Waals surface area contributed by atoms with Crippen molar-refractivity contribution in [3.05, 3.63) is 0 Å². The smallest absolute Gasteiger partial charge is 0.143 e. The highest BCUT2D eigenvalue weighted by molar-refractivity contribution is 7.07. The lowest BCUT2D eigenvalue weighted by Gasteiger charge is -2.13. The number of hydrogen-bond acceptors (Lipinski definition) is 1. The summed E-state index contributed by atoms with van der Waals surface area (Å²) in [5.41, 5.74) is 0.806. The molecule has 0 saturated carbocycles. The fourth-order valence-corrected chi connectivity index (χ4v) is 4.06. The Hall–Kier alpha value is 0.467. The fourth-order valence-electron chi connectivity index (χ4n) is 1.31. The van der Waals surface area contributed by atoms with Crippen molar-refractivity contribution < 1.29 is 0 Å². The molecule has 3 heteroatoms. The first-order valence-electron chi connectivity index (χ1n) is 5.57. The van der Waals surface area contributed by atoms with Gasteiger partial charge in [-0.25, -0.2) is 0 Å².